The summed E-state index contributed by atoms with van der Waals surface area (Å²) in [4.78, 5) is 14.3. The summed E-state index contributed by atoms with van der Waals surface area (Å²) in [5, 5.41) is 0. The Bertz CT molecular complexity index is 896. The van der Waals surface area contributed by atoms with Crippen molar-refractivity contribution in [3.63, 3.8) is 0 Å². The zero-order valence-corrected chi connectivity index (χ0v) is 16.0. The first kappa shape index (κ1) is 20.8. The van der Waals surface area contributed by atoms with Gasteiger partial charge in [-0.2, -0.15) is 0 Å². The van der Waals surface area contributed by atoms with Gasteiger partial charge in [-0.05, 0) is 37.2 Å². The number of benzene rings is 2. The molecule has 0 saturated heterocycles. The zero-order chi connectivity index (χ0) is 19.9. The Labute approximate surface area is 159 Å². The Morgan fingerprint density at radius 1 is 1.19 bits per heavy atom. The first-order valence-corrected chi connectivity index (χ1v) is 10.00. The number of sulfonamides is 1. The van der Waals surface area contributed by atoms with Gasteiger partial charge in [0.1, 0.15) is 5.82 Å². The Kier molecular flexibility index (Phi) is 7.27. The molecular weight excluding hydrogens is 367 g/mol. The van der Waals surface area contributed by atoms with E-state index >= 15 is 0 Å². The normalized spacial score (nSPS) is 11.2. The molecule has 1 N–H and O–H groups in total. The van der Waals surface area contributed by atoms with Crippen LogP contribution in [0.2, 0.25) is 0 Å². The Morgan fingerprint density at radius 2 is 1.85 bits per heavy atom. The summed E-state index contributed by atoms with van der Waals surface area (Å²) < 4.78 is 39.6. The number of rotatable bonds is 9. The number of carbonyl (C=O) groups excluding carboxylic acids is 1. The van der Waals surface area contributed by atoms with E-state index in [4.69, 9.17) is 0 Å². The quantitative estimate of drug-likeness (QED) is 0.670. The fraction of sp³-hybridized carbons (Fsp3) is 0.250. The van der Waals surface area contributed by atoms with Crippen molar-refractivity contribution in [1.29, 1.82) is 0 Å². The van der Waals surface area contributed by atoms with Crippen LogP contribution < -0.4 is 4.72 Å². The van der Waals surface area contributed by atoms with Crippen LogP contribution in [0.1, 0.15) is 17.5 Å². The summed E-state index contributed by atoms with van der Waals surface area (Å²) in [6.45, 7) is 4.16. The van der Waals surface area contributed by atoms with Gasteiger partial charge >= 0.3 is 0 Å². The molecule has 2 aromatic rings. The van der Waals surface area contributed by atoms with E-state index in [2.05, 4.69) is 11.3 Å². The molecule has 0 aliphatic rings. The van der Waals surface area contributed by atoms with Crippen LogP contribution in [-0.4, -0.2) is 32.8 Å². The number of nitrogens with zero attached hydrogens (tertiary/aromatic N) is 1. The number of hydrogen-bond donors (Lipinski definition) is 1. The minimum absolute atomic E-state index is 0.120. The molecule has 1 amide bonds. The summed E-state index contributed by atoms with van der Waals surface area (Å²) in [5.41, 5.74) is 1.30. The van der Waals surface area contributed by atoms with Crippen LogP contribution >= 0.6 is 0 Å². The second-order valence-corrected chi connectivity index (χ2v) is 7.89. The highest BCUT2D eigenvalue weighted by Crippen LogP contribution is 2.14. The van der Waals surface area contributed by atoms with Gasteiger partial charge in [-0.3, -0.25) is 4.79 Å². The van der Waals surface area contributed by atoms with Gasteiger partial charge in [-0.15, -0.1) is 6.58 Å². The van der Waals surface area contributed by atoms with Crippen LogP contribution in [-0.2, 0) is 27.8 Å². The van der Waals surface area contributed by atoms with E-state index in [1.54, 1.807) is 41.3 Å². The minimum atomic E-state index is -3.48. The molecule has 0 radical (unpaired) electrons. The lowest BCUT2D eigenvalue weighted by atomic mass is 10.1. The van der Waals surface area contributed by atoms with Gasteiger partial charge in [0.15, 0.2) is 0 Å². The fourth-order valence-corrected chi connectivity index (χ4v) is 3.34. The Balaban J connectivity index is 2.01. The molecule has 144 valence electrons. The maximum atomic E-state index is 13.8. The first-order valence-electron chi connectivity index (χ1n) is 8.52. The van der Waals surface area contributed by atoms with Gasteiger partial charge in [0.25, 0.3) is 0 Å². The smallest absolute Gasteiger partial charge is 0.240 e. The van der Waals surface area contributed by atoms with E-state index in [1.165, 1.54) is 25.2 Å². The number of hydrogen-bond acceptors (Lipinski definition) is 3. The van der Waals surface area contributed by atoms with Gasteiger partial charge in [-0.1, -0.05) is 36.4 Å². The highest BCUT2D eigenvalue weighted by Gasteiger charge is 2.15. The van der Waals surface area contributed by atoms with Crippen LogP contribution in [0.4, 0.5) is 4.39 Å². The van der Waals surface area contributed by atoms with Crippen LogP contribution in [0.5, 0.6) is 0 Å². The van der Waals surface area contributed by atoms with E-state index in [1.807, 2.05) is 0 Å². The Morgan fingerprint density at radius 3 is 2.44 bits per heavy atom. The molecule has 7 heteroatoms. The van der Waals surface area contributed by atoms with Crippen LogP contribution in [0.3, 0.4) is 0 Å². The molecule has 0 saturated carbocycles. The van der Waals surface area contributed by atoms with E-state index in [9.17, 15) is 17.6 Å². The molecule has 2 rings (SSSR count). The molecular formula is C20H23FN2O3S. The molecule has 5 nitrogen and oxygen atoms in total. The zero-order valence-electron chi connectivity index (χ0n) is 15.2. The summed E-state index contributed by atoms with van der Waals surface area (Å²) in [5.74, 6) is -0.467. The third-order valence-electron chi connectivity index (χ3n) is 4.15. The SMILES string of the molecule is C=CCN(Cc1ccccc1F)C(=O)CCc1ccc(S(=O)(=O)NC)cc1. The first-order chi connectivity index (χ1) is 12.9. The van der Waals surface area contributed by atoms with Crippen molar-refractivity contribution < 1.29 is 17.6 Å². The third kappa shape index (κ3) is 5.74. The number of nitrogens with one attached hydrogen (secondary N) is 1. The van der Waals surface area contributed by atoms with Crippen molar-refractivity contribution in [2.24, 2.45) is 0 Å². The lowest BCUT2D eigenvalue weighted by Crippen LogP contribution is -2.31. The van der Waals surface area contributed by atoms with E-state index < -0.39 is 10.0 Å². The molecule has 0 heterocycles. The van der Waals surface area contributed by atoms with Gasteiger partial charge in [-0.25, -0.2) is 17.5 Å². The number of carbonyl (C=O) groups is 1. The van der Waals surface area contributed by atoms with Crippen LogP contribution in [0.25, 0.3) is 0 Å². The van der Waals surface area contributed by atoms with Gasteiger partial charge in [0, 0.05) is 25.1 Å². The number of amides is 1. The van der Waals surface area contributed by atoms with Crippen molar-refractivity contribution in [3.8, 4) is 0 Å². The summed E-state index contributed by atoms with van der Waals surface area (Å²) in [7, 11) is -2.12. The summed E-state index contributed by atoms with van der Waals surface area (Å²) in [6, 6.07) is 12.7. The second kappa shape index (κ2) is 9.43. The Hall–Kier alpha value is -2.51. The van der Waals surface area contributed by atoms with Gasteiger partial charge in [0.2, 0.25) is 15.9 Å². The summed E-state index contributed by atoms with van der Waals surface area (Å²) >= 11 is 0. The van der Waals surface area contributed by atoms with Crippen molar-refractivity contribution in [3.05, 3.63) is 78.1 Å². The summed E-state index contributed by atoms with van der Waals surface area (Å²) in [6.07, 6.45) is 2.31. The average Bonchev–Trinajstić information content (AvgIpc) is 2.67. The molecule has 0 unspecified atom stereocenters. The molecule has 0 aliphatic heterocycles. The highest BCUT2D eigenvalue weighted by atomic mass is 32.2. The van der Waals surface area contributed by atoms with Crippen LogP contribution in [0.15, 0.2) is 66.1 Å². The van der Waals surface area contributed by atoms with Crippen LogP contribution in [0, 0.1) is 5.82 Å². The topological polar surface area (TPSA) is 66.5 Å². The average molecular weight is 390 g/mol. The maximum absolute atomic E-state index is 13.8. The van der Waals surface area contributed by atoms with E-state index in [-0.39, 0.29) is 29.6 Å². The number of halogens is 1. The molecule has 0 bridgehead atoms. The van der Waals surface area contributed by atoms with E-state index in [0.717, 1.165) is 5.56 Å². The number of aryl methyl sites for hydroxylation is 1. The molecule has 0 fully saturated rings. The van der Waals surface area contributed by atoms with Gasteiger partial charge in [0.05, 0.1) is 4.90 Å². The van der Waals surface area contributed by atoms with Crippen molar-refractivity contribution in [2.45, 2.75) is 24.3 Å². The lowest BCUT2D eigenvalue weighted by molar-refractivity contribution is -0.131. The molecule has 0 aromatic heterocycles. The molecule has 27 heavy (non-hydrogen) atoms. The maximum Gasteiger partial charge on any atom is 0.240 e. The van der Waals surface area contributed by atoms with E-state index in [0.29, 0.717) is 18.5 Å². The molecule has 2 aromatic carbocycles. The molecule has 0 aliphatic carbocycles. The lowest BCUT2D eigenvalue weighted by Gasteiger charge is -2.21. The second-order valence-electron chi connectivity index (χ2n) is 6.01. The van der Waals surface area contributed by atoms with Gasteiger partial charge < -0.3 is 4.90 Å². The van der Waals surface area contributed by atoms with Crippen molar-refractivity contribution in [2.75, 3.05) is 13.6 Å². The fourth-order valence-electron chi connectivity index (χ4n) is 2.61. The molecule has 0 spiro atoms. The monoisotopic (exact) mass is 390 g/mol. The molecule has 0 atom stereocenters. The van der Waals surface area contributed by atoms with Crippen molar-refractivity contribution in [1.82, 2.24) is 9.62 Å². The highest BCUT2D eigenvalue weighted by molar-refractivity contribution is 7.89. The standard InChI is InChI=1S/C20H23FN2O3S/c1-3-14-23(15-17-6-4-5-7-19(17)21)20(24)13-10-16-8-11-18(12-9-16)27(25,26)22-2/h3-9,11-12,22H,1,10,13-15H2,2H3. The largest absolute Gasteiger partial charge is 0.335 e. The minimum Gasteiger partial charge on any atom is -0.335 e. The predicted octanol–water partition coefficient (Wildman–Crippen LogP) is 2.88. The van der Waals surface area contributed by atoms with Crippen molar-refractivity contribution >= 4 is 15.9 Å². The predicted molar refractivity (Wildman–Crippen MR) is 103 cm³/mol. The third-order valence-corrected chi connectivity index (χ3v) is 5.58.